The molecule has 0 bridgehead atoms. The molecule has 2 fully saturated rings. The Morgan fingerprint density at radius 1 is 1.12 bits per heavy atom. The van der Waals surface area contributed by atoms with Gasteiger partial charge < -0.3 is 5.73 Å². The smallest absolute Gasteiger partial charge is 0.0410 e. The Labute approximate surface area is 112 Å². The van der Waals surface area contributed by atoms with Gasteiger partial charge in [0.25, 0.3) is 0 Å². The van der Waals surface area contributed by atoms with Crippen molar-refractivity contribution < 1.29 is 0 Å². The lowest BCUT2D eigenvalue weighted by molar-refractivity contribution is 0.253. The lowest BCUT2D eigenvalue weighted by Gasteiger charge is -2.39. The average molecular weight is 294 g/mol. The van der Waals surface area contributed by atoms with Crippen LogP contribution in [0.25, 0.3) is 0 Å². The monoisotopic (exact) mass is 293 g/mol. The second kappa shape index (κ2) is 4.40. The molecule has 2 heteroatoms. The van der Waals surface area contributed by atoms with E-state index in [1.54, 1.807) is 0 Å². The van der Waals surface area contributed by atoms with Crippen molar-refractivity contribution in [1.82, 2.24) is 0 Å². The van der Waals surface area contributed by atoms with E-state index in [2.05, 4.69) is 34.1 Å². The SMILES string of the molecule is NC1(c2ccc(C3CCCC3)c(Br)c2)CCC1. The maximum absolute atomic E-state index is 6.38. The summed E-state index contributed by atoms with van der Waals surface area (Å²) in [6.07, 6.45) is 9.04. The second-order valence-electron chi connectivity index (χ2n) is 5.73. The summed E-state index contributed by atoms with van der Waals surface area (Å²) in [5.41, 5.74) is 9.16. The van der Waals surface area contributed by atoms with Crippen LogP contribution in [-0.2, 0) is 5.54 Å². The standard InChI is InChI=1S/C15H20BrN/c16-14-10-12(15(17)8-3-9-15)6-7-13(14)11-4-1-2-5-11/h6-7,10-11H,1-5,8-9,17H2. The van der Waals surface area contributed by atoms with Crippen LogP contribution in [0, 0.1) is 0 Å². The van der Waals surface area contributed by atoms with E-state index in [-0.39, 0.29) is 5.54 Å². The zero-order chi connectivity index (χ0) is 11.9. The van der Waals surface area contributed by atoms with Crippen molar-refractivity contribution in [1.29, 1.82) is 0 Å². The van der Waals surface area contributed by atoms with Crippen molar-refractivity contribution in [2.45, 2.75) is 56.4 Å². The molecule has 17 heavy (non-hydrogen) atoms. The Kier molecular flexibility index (Phi) is 3.04. The van der Waals surface area contributed by atoms with E-state index in [0.29, 0.717) is 0 Å². The van der Waals surface area contributed by atoms with Crippen molar-refractivity contribution in [3.05, 3.63) is 33.8 Å². The second-order valence-corrected chi connectivity index (χ2v) is 6.58. The molecule has 0 spiro atoms. The molecule has 2 saturated carbocycles. The van der Waals surface area contributed by atoms with Gasteiger partial charge >= 0.3 is 0 Å². The molecule has 3 rings (SSSR count). The van der Waals surface area contributed by atoms with Crippen LogP contribution >= 0.6 is 15.9 Å². The van der Waals surface area contributed by atoms with Crippen LogP contribution in [-0.4, -0.2) is 0 Å². The Balaban J connectivity index is 1.88. The topological polar surface area (TPSA) is 26.0 Å². The van der Waals surface area contributed by atoms with Crippen molar-refractivity contribution in [3.63, 3.8) is 0 Å². The first kappa shape index (κ1) is 11.7. The largest absolute Gasteiger partial charge is 0.321 e. The summed E-state index contributed by atoms with van der Waals surface area (Å²) in [6.45, 7) is 0. The molecule has 1 nitrogen and oxygen atoms in total. The predicted molar refractivity (Wildman–Crippen MR) is 75.1 cm³/mol. The molecular weight excluding hydrogens is 274 g/mol. The van der Waals surface area contributed by atoms with Crippen LogP contribution in [0.4, 0.5) is 0 Å². The summed E-state index contributed by atoms with van der Waals surface area (Å²) < 4.78 is 1.28. The average Bonchev–Trinajstić information content (AvgIpc) is 2.79. The first-order valence-corrected chi connectivity index (χ1v) is 7.57. The van der Waals surface area contributed by atoms with E-state index >= 15 is 0 Å². The molecule has 0 aromatic heterocycles. The first-order chi connectivity index (χ1) is 8.19. The molecule has 2 aliphatic carbocycles. The maximum Gasteiger partial charge on any atom is 0.0410 e. The van der Waals surface area contributed by atoms with Gasteiger partial charge in [-0.3, -0.25) is 0 Å². The highest BCUT2D eigenvalue weighted by Crippen LogP contribution is 2.42. The fourth-order valence-electron chi connectivity index (χ4n) is 3.25. The summed E-state index contributed by atoms with van der Waals surface area (Å²) >= 11 is 3.75. The van der Waals surface area contributed by atoms with E-state index in [1.807, 2.05) is 0 Å². The third-order valence-corrected chi connectivity index (χ3v) is 5.30. The fraction of sp³-hybridized carbons (Fsp3) is 0.600. The van der Waals surface area contributed by atoms with Crippen LogP contribution in [0.2, 0.25) is 0 Å². The maximum atomic E-state index is 6.38. The predicted octanol–water partition coefficient (Wildman–Crippen LogP) is 4.44. The Morgan fingerprint density at radius 2 is 1.82 bits per heavy atom. The molecule has 92 valence electrons. The fourth-order valence-corrected chi connectivity index (χ4v) is 3.95. The molecule has 0 heterocycles. The van der Waals surface area contributed by atoms with Crippen molar-refractivity contribution >= 4 is 15.9 Å². The number of halogens is 1. The third kappa shape index (κ3) is 2.06. The van der Waals surface area contributed by atoms with Crippen molar-refractivity contribution in [2.24, 2.45) is 5.73 Å². The summed E-state index contributed by atoms with van der Waals surface area (Å²) in [7, 11) is 0. The molecule has 0 unspecified atom stereocenters. The molecule has 1 aromatic carbocycles. The molecule has 0 atom stereocenters. The molecule has 1 aromatic rings. The Bertz CT molecular complexity index is 417. The minimum absolute atomic E-state index is 0.0310. The van der Waals surface area contributed by atoms with Crippen LogP contribution in [0.3, 0.4) is 0 Å². The van der Waals surface area contributed by atoms with E-state index in [0.717, 1.165) is 18.8 Å². The molecule has 0 aliphatic heterocycles. The van der Waals surface area contributed by atoms with Gasteiger partial charge in [-0.2, -0.15) is 0 Å². The van der Waals surface area contributed by atoms with Gasteiger partial charge in [0.05, 0.1) is 0 Å². The summed E-state index contributed by atoms with van der Waals surface area (Å²) in [5.74, 6) is 0.772. The lowest BCUT2D eigenvalue weighted by Crippen LogP contribution is -2.43. The summed E-state index contributed by atoms with van der Waals surface area (Å²) in [6, 6.07) is 6.84. The van der Waals surface area contributed by atoms with E-state index < -0.39 is 0 Å². The van der Waals surface area contributed by atoms with Gasteiger partial charge in [0.2, 0.25) is 0 Å². The number of rotatable bonds is 2. The highest BCUT2D eigenvalue weighted by Gasteiger charge is 2.34. The van der Waals surface area contributed by atoms with Gasteiger partial charge in [-0.1, -0.05) is 40.9 Å². The van der Waals surface area contributed by atoms with Gasteiger partial charge in [-0.15, -0.1) is 0 Å². The highest BCUT2D eigenvalue weighted by molar-refractivity contribution is 9.10. The van der Waals surface area contributed by atoms with Gasteiger partial charge in [0.1, 0.15) is 0 Å². The number of hydrogen-bond donors (Lipinski definition) is 1. The quantitative estimate of drug-likeness (QED) is 0.857. The van der Waals surface area contributed by atoms with Gasteiger partial charge in [0.15, 0.2) is 0 Å². The number of hydrogen-bond acceptors (Lipinski definition) is 1. The first-order valence-electron chi connectivity index (χ1n) is 6.78. The van der Waals surface area contributed by atoms with Crippen LogP contribution < -0.4 is 5.73 Å². The zero-order valence-electron chi connectivity index (χ0n) is 10.2. The number of nitrogens with two attached hydrogens (primary N) is 1. The van der Waals surface area contributed by atoms with Gasteiger partial charge in [-0.05, 0) is 55.2 Å². The highest BCUT2D eigenvalue weighted by atomic mass is 79.9. The molecular formula is C15H20BrN. The molecule has 2 N–H and O–H groups in total. The third-order valence-electron chi connectivity index (χ3n) is 4.62. The molecule has 0 amide bonds. The van der Waals surface area contributed by atoms with Gasteiger partial charge in [0, 0.05) is 10.0 Å². The zero-order valence-corrected chi connectivity index (χ0v) is 11.8. The van der Waals surface area contributed by atoms with Crippen molar-refractivity contribution in [3.8, 4) is 0 Å². The van der Waals surface area contributed by atoms with E-state index in [1.165, 1.54) is 47.7 Å². The molecule has 2 aliphatic rings. The number of benzene rings is 1. The minimum atomic E-state index is -0.0310. The van der Waals surface area contributed by atoms with Crippen LogP contribution in [0.5, 0.6) is 0 Å². The normalized spacial score (nSPS) is 23.6. The van der Waals surface area contributed by atoms with Crippen molar-refractivity contribution in [2.75, 3.05) is 0 Å². The minimum Gasteiger partial charge on any atom is -0.321 e. The summed E-state index contributed by atoms with van der Waals surface area (Å²) in [4.78, 5) is 0. The van der Waals surface area contributed by atoms with Gasteiger partial charge in [-0.25, -0.2) is 0 Å². The molecule has 0 saturated heterocycles. The molecule has 0 radical (unpaired) electrons. The lowest BCUT2D eigenvalue weighted by atomic mass is 9.72. The Hall–Kier alpha value is -0.340. The summed E-state index contributed by atoms with van der Waals surface area (Å²) in [5, 5.41) is 0. The van der Waals surface area contributed by atoms with Crippen LogP contribution in [0.15, 0.2) is 22.7 Å². The van der Waals surface area contributed by atoms with E-state index in [4.69, 9.17) is 5.73 Å². The van der Waals surface area contributed by atoms with E-state index in [9.17, 15) is 0 Å². The van der Waals surface area contributed by atoms with Crippen LogP contribution in [0.1, 0.15) is 62.0 Å². The Morgan fingerprint density at radius 3 is 2.35 bits per heavy atom.